The van der Waals surface area contributed by atoms with Gasteiger partial charge in [0.1, 0.15) is 0 Å². The summed E-state index contributed by atoms with van der Waals surface area (Å²) in [6.07, 6.45) is 2.40. The second-order valence-electron chi connectivity index (χ2n) is 5.72. The molecule has 1 aliphatic heterocycles. The Labute approximate surface area is 128 Å². The zero-order chi connectivity index (χ0) is 14.9. The second-order valence-corrected chi connectivity index (χ2v) is 6.52. The summed E-state index contributed by atoms with van der Waals surface area (Å²) in [5, 5.41) is 13.9. The maximum Gasteiger partial charge on any atom is 0.310 e. The molecule has 1 fully saturated rings. The van der Waals surface area contributed by atoms with Crippen LogP contribution < -0.4 is 0 Å². The molecule has 6 heteroatoms. The predicted octanol–water partition coefficient (Wildman–Crippen LogP) is 2.57. The van der Waals surface area contributed by atoms with Crippen molar-refractivity contribution in [2.75, 3.05) is 13.1 Å². The minimum absolute atomic E-state index is 0.585. The Balaban J connectivity index is 2.16. The van der Waals surface area contributed by atoms with Gasteiger partial charge in [0.2, 0.25) is 0 Å². The molecule has 0 aromatic carbocycles. The number of likely N-dealkylation sites (tertiary alicyclic amines) is 1. The van der Waals surface area contributed by atoms with Gasteiger partial charge in [0, 0.05) is 20.1 Å². The molecule has 1 N–H and O–H groups in total. The van der Waals surface area contributed by atoms with Gasteiger partial charge in [-0.2, -0.15) is 5.10 Å². The van der Waals surface area contributed by atoms with Crippen LogP contribution in [0.1, 0.15) is 37.6 Å². The molecule has 0 bridgehead atoms. The number of halogens is 1. The van der Waals surface area contributed by atoms with Gasteiger partial charge in [-0.05, 0) is 48.7 Å². The van der Waals surface area contributed by atoms with E-state index in [1.165, 1.54) is 0 Å². The van der Waals surface area contributed by atoms with Crippen LogP contribution in [-0.2, 0) is 18.4 Å². The van der Waals surface area contributed by atoms with Crippen LogP contribution in [0.25, 0.3) is 0 Å². The maximum absolute atomic E-state index is 11.6. The standard InChI is InChI=1S/C14H22BrN3O2/c1-4-14(13(19)20)6-5-7-18(9-14)8-11-12(15)10(2)16-17(11)3/h4-9H2,1-3H3,(H,19,20). The van der Waals surface area contributed by atoms with E-state index in [0.29, 0.717) is 13.0 Å². The Morgan fingerprint density at radius 3 is 2.75 bits per heavy atom. The Morgan fingerprint density at radius 2 is 2.25 bits per heavy atom. The van der Waals surface area contributed by atoms with Gasteiger partial charge in [-0.3, -0.25) is 14.4 Å². The first-order valence-electron chi connectivity index (χ1n) is 7.03. The van der Waals surface area contributed by atoms with E-state index in [9.17, 15) is 9.90 Å². The predicted molar refractivity (Wildman–Crippen MR) is 80.5 cm³/mol. The van der Waals surface area contributed by atoms with Crippen molar-refractivity contribution >= 4 is 21.9 Å². The van der Waals surface area contributed by atoms with E-state index in [1.54, 1.807) is 0 Å². The zero-order valence-electron chi connectivity index (χ0n) is 12.3. The number of rotatable bonds is 4. The summed E-state index contributed by atoms with van der Waals surface area (Å²) in [5.41, 5.74) is 1.50. The first-order chi connectivity index (χ1) is 9.39. The van der Waals surface area contributed by atoms with E-state index in [0.717, 1.165) is 41.8 Å². The number of aliphatic carboxylic acids is 1. The van der Waals surface area contributed by atoms with E-state index < -0.39 is 11.4 Å². The highest BCUT2D eigenvalue weighted by atomic mass is 79.9. The molecule has 0 amide bonds. The zero-order valence-corrected chi connectivity index (χ0v) is 13.9. The molecule has 0 saturated carbocycles. The van der Waals surface area contributed by atoms with E-state index in [4.69, 9.17) is 0 Å². The molecule has 112 valence electrons. The topological polar surface area (TPSA) is 58.4 Å². The maximum atomic E-state index is 11.6. The summed E-state index contributed by atoms with van der Waals surface area (Å²) in [7, 11) is 1.93. The molecule has 1 aliphatic rings. The lowest BCUT2D eigenvalue weighted by molar-refractivity contribution is -0.153. The average molecular weight is 344 g/mol. The van der Waals surface area contributed by atoms with Gasteiger partial charge in [-0.15, -0.1) is 0 Å². The highest BCUT2D eigenvalue weighted by Crippen LogP contribution is 2.35. The number of aryl methyl sites for hydroxylation is 2. The Hall–Kier alpha value is -0.880. The molecule has 1 aromatic heterocycles. The first-order valence-corrected chi connectivity index (χ1v) is 7.82. The van der Waals surface area contributed by atoms with E-state index in [1.807, 2.05) is 25.6 Å². The molecule has 1 saturated heterocycles. The van der Waals surface area contributed by atoms with E-state index >= 15 is 0 Å². The minimum atomic E-state index is -0.662. The van der Waals surface area contributed by atoms with Gasteiger partial charge >= 0.3 is 5.97 Å². The largest absolute Gasteiger partial charge is 0.481 e. The molecule has 2 rings (SSSR count). The van der Waals surface area contributed by atoms with Gasteiger partial charge in [0.15, 0.2) is 0 Å². The number of hydrogen-bond acceptors (Lipinski definition) is 3. The first kappa shape index (κ1) is 15.5. The van der Waals surface area contributed by atoms with Crippen LogP contribution >= 0.6 is 15.9 Å². The Kier molecular flexibility index (Phi) is 4.54. The molecule has 0 radical (unpaired) electrons. The lowest BCUT2D eigenvalue weighted by Gasteiger charge is -2.39. The van der Waals surface area contributed by atoms with Gasteiger partial charge in [-0.1, -0.05) is 6.92 Å². The summed E-state index contributed by atoms with van der Waals surface area (Å²) >= 11 is 3.58. The molecule has 20 heavy (non-hydrogen) atoms. The molecule has 1 unspecified atom stereocenters. The van der Waals surface area contributed by atoms with Crippen LogP contribution in [-0.4, -0.2) is 38.8 Å². The number of carboxylic acid groups (broad SMARTS) is 1. The van der Waals surface area contributed by atoms with E-state index in [-0.39, 0.29) is 0 Å². The molecule has 5 nitrogen and oxygen atoms in total. The summed E-state index contributed by atoms with van der Waals surface area (Å²) in [5.74, 6) is -0.662. The van der Waals surface area contributed by atoms with Crippen molar-refractivity contribution < 1.29 is 9.90 Å². The van der Waals surface area contributed by atoms with E-state index in [2.05, 4.69) is 25.9 Å². The quantitative estimate of drug-likeness (QED) is 0.912. The summed E-state index contributed by atoms with van der Waals surface area (Å²) in [6.45, 7) is 6.26. The van der Waals surface area contributed by atoms with Gasteiger partial charge < -0.3 is 5.11 Å². The number of nitrogens with zero attached hydrogens (tertiary/aromatic N) is 3. The molecule has 1 atom stereocenters. The minimum Gasteiger partial charge on any atom is -0.481 e. The SMILES string of the molecule is CCC1(C(=O)O)CCCN(Cc2c(Br)c(C)nn2C)C1. The molecular weight excluding hydrogens is 322 g/mol. The van der Waals surface area contributed by atoms with Crippen LogP contribution in [0.3, 0.4) is 0 Å². The fourth-order valence-electron chi connectivity index (χ4n) is 3.04. The lowest BCUT2D eigenvalue weighted by Crippen LogP contribution is -2.47. The highest BCUT2D eigenvalue weighted by Gasteiger charge is 2.40. The third-order valence-electron chi connectivity index (χ3n) is 4.42. The number of carboxylic acids is 1. The third-order valence-corrected chi connectivity index (χ3v) is 5.45. The molecule has 0 spiro atoms. The molecule has 1 aromatic rings. The van der Waals surface area contributed by atoms with Crippen molar-refractivity contribution in [2.24, 2.45) is 12.5 Å². The normalized spacial score (nSPS) is 24.0. The number of piperidine rings is 1. The van der Waals surface area contributed by atoms with Crippen LogP contribution in [0.15, 0.2) is 4.47 Å². The van der Waals surface area contributed by atoms with Crippen molar-refractivity contribution in [3.05, 3.63) is 15.9 Å². The molecule has 0 aliphatic carbocycles. The second kappa shape index (κ2) is 5.85. The third kappa shape index (κ3) is 2.76. The van der Waals surface area contributed by atoms with Gasteiger partial charge in [0.25, 0.3) is 0 Å². The van der Waals surface area contributed by atoms with Crippen molar-refractivity contribution in [2.45, 2.75) is 39.7 Å². The van der Waals surface area contributed by atoms with Gasteiger partial charge in [-0.25, -0.2) is 0 Å². The van der Waals surface area contributed by atoms with Crippen molar-refractivity contribution in [1.29, 1.82) is 0 Å². The number of carbonyl (C=O) groups is 1. The van der Waals surface area contributed by atoms with Crippen LogP contribution in [0.4, 0.5) is 0 Å². The van der Waals surface area contributed by atoms with Crippen molar-refractivity contribution in [3.8, 4) is 0 Å². The monoisotopic (exact) mass is 343 g/mol. The molecule has 2 heterocycles. The number of aromatic nitrogens is 2. The van der Waals surface area contributed by atoms with Crippen LogP contribution in [0.5, 0.6) is 0 Å². The van der Waals surface area contributed by atoms with Crippen LogP contribution in [0, 0.1) is 12.3 Å². The fourth-order valence-corrected chi connectivity index (χ4v) is 3.50. The van der Waals surface area contributed by atoms with Gasteiger partial charge in [0.05, 0.1) is 21.3 Å². The number of hydrogen-bond donors (Lipinski definition) is 1. The average Bonchev–Trinajstić information content (AvgIpc) is 2.65. The van der Waals surface area contributed by atoms with Crippen molar-refractivity contribution in [3.63, 3.8) is 0 Å². The molecular formula is C14H22BrN3O2. The summed E-state index contributed by atoms with van der Waals surface area (Å²) in [6, 6.07) is 0. The lowest BCUT2D eigenvalue weighted by atomic mass is 9.77. The van der Waals surface area contributed by atoms with Crippen LogP contribution in [0.2, 0.25) is 0 Å². The Bertz CT molecular complexity index is 515. The summed E-state index contributed by atoms with van der Waals surface area (Å²) < 4.78 is 2.91. The smallest absolute Gasteiger partial charge is 0.310 e. The van der Waals surface area contributed by atoms with Crippen molar-refractivity contribution in [1.82, 2.24) is 14.7 Å². The Morgan fingerprint density at radius 1 is 1.55 bits per heavy atom. The fraction of sp³-hybridized carbons (Fsp3) is 0.714. The summed E-state index contributed by atoms with van der Waals surface area (Å²) in [4.78, 5) is 13.8. The highest BCUT2D eigenvalue weighted by molar-refractivity contribution is 9.10.